The van der Waals surface area contributed by atoms with Crippen LogP contribution in [0.2, 0.25) is 0 Å². The predicted molar refractivity (Wildman–Crippen MR) is 71.1 cm³/mol. The van der Waals surface area contributed by atoms with Gasteiger partial charge in [-0.25, -0.2) is 0 Å². The quantitative estimate of drug-likeness (QED) is 0.623. The van der Waals surface area contributed by atoms with E-state index in [2.05, 4.69) is 22.5 Å². The van der Waals surface area contributed by atoms with Gasteiger partial charge in [-0.05, 0) is 25.8 Å². The molecule has 1 amide bonds. The highest BCUT2D eigenvalue weighted by Gasteiger charge is 2.08. The topological polar surface area (TPSA) is 44.4 Å². The number of nitrogens with zero attached hydrogens (tertiary/aromatic N) is 1. The van der Waals surface area contributed by atoms with Gasteiger partial charge in [0, 0.05) is 39.1 Å². The minimum absolute atomic E-state index is 0.221. The zero-order chi connectivity index (χ0) is 12.3. The first-order valence-electron chi connectivity index (χ1n) is 7.02. The second-order valence-electron chi connectivity index (χ2n) is 4.75. The number of carbonyl (C=O) groups excluding carboxylic acids is 1. The minimum atomic E-state index is 0.221. The molecule has 1 aliphatic heterocycles. The van der Waals surface area contributed by atoms with Crippen LogP contribution >= 0.6 is 0 Å². The third-order valence-electron chi connectivity index (χ3n) is 3.19. The molecule has 17 heavy (non-hydrogen) atoms. The Bertz CT molecular complexity index is 203. The van der Waals surface area contributed by atoms with Crippen molar-refractivity contribution in [2.24, 2.45) is 0 Å². The number of hydrogen-bond acceptors (Lipinski definition) is 3. The molecule has 1 rings (SSSR count). The SMILES string of the molecule is CCCCNC(=O)CCCCN1CCNCC1. The van der Waals surface area contributed by atoms with Gasteiger partial charge in [-0.1, -0.05) is 13.3 Å². The average Bonchev–Trinajstić information content (AvgIpc) is 2.36. The summed E-state index contributed by atoms with van der Waals surface area (Å²) in [6.07, 6.45) is 5.08. The second kappa shape index (κ2) is 9.42. The summed E-state index contributed by atoms with van der Waals surface area (Å²) in [6.45, 7) is 8.65. The van der Waals surface area contributed by atoms with Gasteiger partial charge in [0.15, 0.2) is 0 Å². The number of carbonyl (C=O) groups is 1. The van der Waals surface area contributed by atoms with Crippen molar-refractivity contribution < 1.29 is 4.79 Å². The maximum atomic E-state index is 11.4. The van der Waals surface area contributed by atoms with Crippen LogP contribution in [0, 0.1) is 0 Å². The van der Waals surface area contributed by atoms with E-state index in [9.17, 15) is 4.79 Å². The Balaban J connectivity index is 1.90. The van der Waals surface area contributed by atoms with Gasteiger partial charge in [0.1, 0.15) is 0 Å². The van der Waals surface area contributed by atoms with Gasteiger partial charge in [0.25, 0.3) is 0 Å². The molecule has 0 radical (unpaired) electrons. The third-order valence-corrected chi connectivity index (χ3v) is 3.19. The van der Waals surface area contributed by atoms with Crippen LogP contribution in [0.4, 0.5) is 0 Å². The lowest BCUT2D eigenvalue weighted by molar-refractivity contribution is -0.121. The molecule has 0 unspecified atom stereocenters. The number of nitrogens with one attached hydrogen (secondary N) is 2. The fourth-order valence-electron chi connectivity index (χ4n) is 2.05. The van der Waals surface area contributed by atoms with Crippen LogP contribution in [-0.2, 0) is 4.79 Å². The summed E-state index contributed by atoms with van der Waals surface area (Å²) >= 11 is 0. The van der Waals surface area contributed by atoms with E-state index in [-0.39, 0.29) is 5.91 Å². The van der Waals surface area contributed by atoms with E-state index in [0.717, 1.165) is 65.0 Å². The molecule has 4 heteroatoms. The lowest BCUT2D eigenvalue weighted by Gasteiger charge is -2.26. The van der Waals surface area contributed by atoms with Crippen molar-refractivity contribution in [3.8, 4) is 0 Å². The largest absolute Gasteiger partial charge is 0.356 e. The fraction of sp³-hybridized carbons (Fsp3) is 0.923. The van der Waals surface area contributed by atoms with Crippen molar-refractivity contribution in [3.05, 3.63) is 0 Å². The van der Waals surface area contributed by atoms with Gasteiger partial charge >= 0.3 is 0 Å². The molecule has 4 nitrogen and oxygen atoms in total. The van der Waals surface area contributed by atoms with Crippen LogP contribution in [0.25, 0.3) is 0 Å². The van der Waals surface area contributed by atoms with E-state index in [0.29, 0.717) is 6.42 Å². The minimum Gasteiger partial charge on any atom is -0.356 e. The third kappa shape index (κ3) is 7.34. The van der Waals surface area contributed by atoms with Crippen LogP contribution in [0.15, 0.2) is 0 Å². The standard InChI is InChI=1S/C13H27N3O/c1-2-3-7-15-13(17)6-4-5-10-16-11-8-14-9-12-16/h14H,2-12H2,1H3,(H,15,17). The van der Waals surface area contributed by atoms with Gasteiger partial charge in [0.2, 0.25) is 5.91 Å². The molecule has 0 aliphatic carbocycles. The summed E-state index contributed by atoms with van der Waals surface area (Å²) < 4.78 is 0. The molecule has 1 fully saturated rings. The normalized spacial score (nSPS) is 17.0. The highest BCUT2D eigenvalue weighted by molar-refractivity contribution is 5.75. The Kier molecular flexibility index (Phi) is 8.01. The molecule has 0 aromatic heterocycles. The molecule has 100 valence electrons. The molecule has 0 saturated carbocycles. The molecular formula is C13H27N3O. The van der Waals surface area contributed by atoms with E-state index in [1.807, 2.05) is 0 Å². The van der Waals surface area contributed by atoms with Gasteiger partial charge in [-0.15, -0.1) is 0 Å². The van der Waals surface area contributed by atoms with Crippen molar-refractivity contribution in [1.82, 2.24) is 15.5 Å². The van der Waals surface area contributed by atoms with Gasteiger partial charge in [-0.3, -0.25) is 4.79 Å². The summed E-state index contributed by atoms with van der Waals surface area (Å²) in [5.41, 5.74) is 0. The molecular weight excluding hydrogens is 214 g/mol. The molecule has 0 atom stereocenters. The Morgan fingerprint density at radius 1 is 1.24 bits per heavy atom. The summed E-state index contributed by atoms with van der Waals surface area (Å²) in [5, 5.41) is 6.31. The molecule has 0 aromatic rings. The maximum absolute atomic E-state index is 11.4. The molecule has 1 heterocycles. The highest BCUT2D eigenvalue weighted by atomic mass is 16.1. The van der Waals surface area contributed by atoms with Crippen molar-refractivity contribution in [1.29, 1.82) is 0 Å². The van der Waals surface area contributed by atoms with E-state index >= 15 is 0 Å². The first-order chi connectivity index (χ1) is 8.33. The van der Waals surface area contributed by atoms with Crippen LogP contribution in [0.5, 0.6) is 0 Å². The monoisotopic (exact) mass is 241 g/mol. The summed E-state index contributed by atoms with van der Waals surface area (Å²) in [5.74, 6) is 0.221. The van der Waals surface area contributed by atoms with Crippen molar-refractivity contribution in [3.63, 3.8) is 0 Å². The van der Waals surface area contributed by atoms with Crippen LogP contribution in [0.3, 0.4) is 0 Å². The molecule has 0 spiro atoms. The lowest BCUT2D eigenvalue weighted by Crippen LogP contribution is -2.43. The number of unbranched alkanes of at least 4 members (excludes halogenated alkanes) is 2. The fourth-order valence-corrected chi connectivity index (χ4v) is 2.05. The summed E-state index contributed by atoms with van der Waals surface area (Å²) in [6, 6.07) is 0. The Hall–Kier alpha value is -0.610. The van der Waals surface area contributed by atoms with Gasteiger partial charge in [-0.2, -0.15) is 0 Å². The summed E-state index contributed by atoms with van der Waals surface area (Å²) in [7, 11) is 0. The average molecular weight is 241 g/mol. The number of rotatable bonds is 8. The number of hydrogen-bond donors (Lipinski definition) is 2. The molecule has 2 N–H and O–H groups in total. The zero-order valence-electron chi connectivity index (χ0n) is 11.1. The number of amides is 1. The van der Waals surface area contributed by atoms with Crippen molar-refractivity contribution >= 4 is 5.91 Å². The van der Waals surface area contributed by atoms with Crippen LogP contribution < -0.4 is 10.6 Å². The van der Waals surface area contributed by atoms with Crippen LogP contribution in [-0.4, -0.2) is 50.1 Å². The zero-order valence-corrected chi connectivity index (χ0v) is 11.1. The van der Waals surface area contributed by atoms with E-state index < -0.39 is 0 Å². The van der Waals surface area contributed by atoms with E-state index in [1.54, 1.807) is 0 Å². The number of piperazine rings is 1. The molecule has 1 saturated heterocycles. The first-order valence-corrected chi connectivity index (χ1v) is 7.02. The smallest absolute Gasteiger partial charge is 0.219 e. The van der Waals surface area contributed by atoms with E-state index in [4.69, 9.17) is 0 Å². The Morgan fingerprint density at radius 3 is 2.71 bits per heavy atom. The van der Waals surface area contributed by atoms with Gasteiger partial charge in [0.05, 0.1) is 0 Å². The lowest BCUT2D eigenvalue weighted by atomic mass is 10.2. The van der Waals surface area contributed by atoms with Crippen molar-refractivity contribution in [2.45, 2.75) is 39.0 Å². The van der Waals surface area contributed by atoms with Gasteiger partial charge < -0.3 is 15.5 Å². The highest BCUT2D eigenvalue weighted by Crippen LogP contribution is 2.00. The predicted octanol–water partition coefficient (Wildman–Crippen LogP) is 0.978. The Morgan fingerprint density at radius 2 is 2.00 bits per heavy atom. The molecule has 1 aliphatic rings. The van der Waals surface area contributed by atoms with E-state index in [1.165, 1.54) is 0 Å². The molecule has 0 bridgehead atoms. The Labute approximate surface area is 105 Å². The summed E-state index contributed by atoms with van der Waals surface area (Å²) in [4.78, 5) is 13.9. The second-order valence-corrected chi connectivity index (χ2v) is 4.75. The van der Waals surface area contributed by atoms with Crippen molar-refractivity contribution in [2.75, 3.05) is 39.3 Å². The maximum Gasteiger partial charge on any atom is 0.219 e. The first kappa shape index (κ1) is 14.5. The molecule has 0 aromatic carbocycles. The van der Waals surface area contributed by atoms with Crippen LogP contribution in [0.1, 0.15) is 39.0 Å².